The Morgan fingerprint density at radius 1 is 1.35 bits per heavy atom. The molecule has 2 heterocycles. The number of hydrogen-bond acceptors (Lipinski definition) is 5. The van der Waals surface area contributed by atoms with Crippen LogP contribution in [0.3, 0.4) is 0 Å². The predicted molar refractivity (Wildman–Crippen MR) is 97.9 cm³/mol. The van der Waals surface area contributed by atoms with E-state index >= 15 is 0 Å². The Balaban J connectivity index is 1.86. The summed E-state index contributed by atoms with van der Waals surface area (Å²) in [4.78, 5) is 15.0. The van der Waals surface area contributed by atoms with Crippen molar-refractivity contribution >= 4 is 40.1 Å². The number of carbonyl (C=O) groups is 1. The lowest BCUT2D eigenvalue weighted by atomic mass is 10.1. The van der Waals surface area contributed by atoms with Crippen molar-refractivity contribution in [3.05, 3.63) is 51.9 Å². The number of pyridine rings is 1. The maximum absolute atomic E-state index is 10.7. The van der Waals surface area contributed by atoms with Gasteiger partial charge < -0.3 is 14.4 Å². The molecule has 26 heavy (non-hydrogen) atoms. The molecule has 0 aliphatic heterocycles. The van der Waals surface area contributed by atoms with Crippen LogP contribution in [0.5, 0.6) is 5.75 Å². The lowest BCUT2D eigenvalue weighted by molar-refractivity contribution is -0.136. The number of fused-ring (bicyclic) bond motifs is 1. The van der Waals surface area contributed by atoms with Crippen LogP contribution in [0, 0.1) is 0 Å². The van der Waals surface area contributed by atoms with E-state index in [0.29, 0.717) is 38.9 Å². The molecule has 0 bridgehead atoms. The van der Waals surface area contributed by atoms with Crippen LogP contribution in [-0.2, 0) is 11.2 Å². The van der Waals surface area contributed by atoms with Gasteiger partial charge in [0.1, 0.15) is 11.9 Å². The summed E-state index contributed by atoms with van der Waals surface area (Å²) in [6.07, 6.45) is 2.20. The van der Waals surface area contributed by atoms with E-state index in [9.17, 15) is 4.79 Å². The van der Waals surface area contributed by atoms with Crippen LogP contribution in [-0.4, -0.2) is 21.2 Å². The molecule has 3 rings (SSSR count). The number of aliphatic carboxylic acids is 1. The normalized spacial score (nSPS) is 12.3. The highest BCUT2D eigenvalue weighted by Gasteiger charge is 2.18. The summed E-state index contributed by atoms with van der Waals surface area (Å²) in [5, 5.41) is 14.4. The van der Waals surface area contributed by atoms with Crippen molar-refractivity contribution in [3.8, 4) is 5.75 Å². The highest BCUT2D eigenvalue weighted by molar-refractivity contribution is 6.32. The molecule has 0 saturated carbocycles. The Kier molecular flexibility index (Phi) is 5.64. The first-order valence-corrected chi connectivity index (χ1v) is 8.81. The molecule has 1 aromatic carbocycles. The Morgan fingerprint density at radius 2 is 2.15 bits per heavy atom. The van der Waals surface area contributed by atoms with Gasteiger partial charge in [0.05, 0.1) is 27.9 Å². The zero-order chi connectivity index (χ0) is 18.7. The summed E-state index contributed by atoms with van der Waals surface area (Å²) in [6.45, 7) is 1.98. The molecule has 2 aromatic heterocycles. The van der Waals surface area contributed by atoms with E-state index in [0.717, 1.165) is 5.69 Å². The second kappa shape index (κ2) is 7.93. The third-order valence-electron chi connectivity index (χ3n) is 3.90. The molecule has 0 unspecified atom stereocenters. The van der Waals surface area contributed by atoms with Gasteiger partial charge in [0.25, 0.3) is 0 Å². The van der Waals surface area contributed by atoms with Crippen molar-refractivity contribution in [2.75, 3.05) is 0 Å². The van der Waals surface area contributed by atoms with Gasteiger partial charge in [-0.2, -0.15) is 0 Å². The molecule has 1 N–H and O–H groups in total. The second-order valence-electron chi connectivity index (χ2n) is 5.72. The van der Waals surface area contributed by atoms with E-state index < -0.39 is 5.97 Å². The number of carboxylic acids is 1. The van der Waals surface area contributed by atoms with Crippen molar-refractivity contribution in [3.63, 3.8) is 0 Å². The molecule has 0 aliphatic rings. The molecular formula is C18H16Cl2N2O4. The summed E-state index contributed by atoms with van der Waals surface area (Å²) in [5.74, 6) is -0.447. The standard InChI is InChI=1S/C18H16Cl2N2O4/c1-2-15(14-4-3-10(19)9-21-14)25-17-8-16-11(7-12(17)20)13(22-26-16)5-6-18(23)24/h3-4,7-9,15H,2,5-6H2,1H3,(H,23,24)/t15-/m0/s1. The van der Waals surface area contributed by atoms with Crippen LogP contribution in [0.2, 0.25) is 10.0 Å². The average molecular weight is 395 g/mol. The maximum atomic E-state index is 10.7. The number of ether oxygens (including phenoxy) is 1. The third kappa shape index (κ3) is 4.08. The number of aryl methyl sites for hydroxylation is 1. The summed E-state index contributed by atoms with van der Waals surface area (Å²) < 4.78 is 11.3. The maximum Gasteiger partial charge on any atom is 0.303 e. The quantitative estimate of drug-likeness (QED) is 0.601. The molecule has 0 spiro atoms. The largest absolute Gasteiger partial charge is 0.482 e. The number of nitrogens with zero attached hydrogens (tertiary/aromatic N) is 2. The number of benzene rings is 1. The number of rotatable bonds is 7. The van der Waals surface area contributed by atoms with Gasteiger partial charge in [-0.1, -0.05) is 35.3 Å². The van der Waals surface area contributed by atoms with Crippen molar-refractivity contribution < 1.29 is 19.2 Å². The molecule has 136 valence electrons. The number of hydrogen-bond donors (Lipinski definition) is 1. The minimum atomic E-state index is -0.895. The van der Waals surface area contributed by atoms with Crippen LogP contribution in [0.1, 0.15) is 37.3 Å². The van der Waals surface area contributed by atoms with E-state index in [4.69, 9.17) is 37.6 Å². The van der Waals surface area contributed by atoms with E-state index in [-0.39, 0.29) is 18.9 Å². The van der Waals surface area contributed by atoms with Gasteiger partial charge in [0.15, 0.2) is 5.58 Å². The minimum absolute atomic E-state index is 0.0301. The van der Waals surface area contributed by atoms with Crippen molar-refractivity contribution in [2.24, 2.45) is 0 Å². The first-order valence-electron chi connectivity index (χ1n) is 8.05. The van der Waals surface area contributed by atoms with Gasteiger partial charge >= 0.3 is 5.97 Å². The van der Waals surface area contributed by atoms with Crippen LogP contribution in [0.4, 0.5) is 0 Å². The fraction of sp³-hybridized carbons (Fsp3) is 0.278. The second-order valence-corrected chi connectivity index (χ2v) is 6.56. The highest BCUT2D eigenvalue weighted by atomic mass is 35.5. The van der Waals surface area contributed by atoms with Crippen LogP contribution in [0.25, 0.3) is 11.0 Å². The van der Waals surface area contributed by atoms with Gasteiger partial charge in [-0.25, -0.2) is 0 Å². The zero-order valence-corrected chi connectivity index (χ0v) is 15.4. The third-order valence-corrected chi connectivity index (χ3v) is 4.41. The first kappa shape index (κ1) is 18.5. The summed E-state index contributed by atoms with van der Waals surface area (Å²) >= 11 is 12.2. The fourth-order valence-electron chi connectivity index (χ4n) is 2.57. The number of aromatic nitrogens is 2. The molecule has 0 aliphatic carbocycles. The Morgan fingerprint density at radius 3 is 2.81 bits per heavy atom. The Hall–Kier alpha value is -2.31. The predicted octanol–water partition coefficient (Wildman–Crippen LogP) is 5.08. The monoisotopic (exact) mass is 394 g/mol. The average Bonchev–Trinajstić information content (AvgIpc) is 3.00. The molecular weight excluding hydrogens is 379 g/mol. The van der Waals surface area contributed by atoms with E-state index in [1.165, 1.54) is 0 Å². The zero-order valence-electron chi connectivity index (χ0n) is 13.9. The SMILES string of the molecule is CC[C@H](Oc1cc2onc(CCC(=O)O)c2cc1Cl)c1ccc(Cl)cn1. The van der Waals surface area contributed by atoms with Gasteiger partial charge in [-0.3, -0.25) is 9.78 Å². The molecule has 0 fully saturated rings. The van der Waals surface area contributed by atoms with Gasteiger partial charge in [0, 0.05) is 24.1 Å². The van der Waals surface area contributed by atoms with Crippen molar-refractivity contribution in [2.45, 2.75) is 32.3 Å². The minimum Gasteiger partial charge on any atom is -0.482 e. The fourth-order valence-corrected chi connectivity index (χ4v) is 2.89. The molecule has 0 amide bonds. The summed E-state index contributed by atoms with van der Waals surface area (Å²) in [5.41, 5.74) is 1.79. The van der Waals surface area contributed by atoms with E-state index in [2.05, 4.69) is 10.1 Å². The van der Waals surface area contributed by atoms with Crippen LogP contribution in [0.15, 0.2) is 35.0 Å². The molecule has 6 nitrogen and oxygen atoms in total. The Labute approximate surface area is 159 Å². The smallest absolute Gasteiger partial charge is 0.303 e. The Bertz CT molecular complexity index is 925. The molecule has 0 saturated heterocycles. The molecule has 1 atom stereocenters. The van der Waals surface area contributed by atoms with Gasteiger partial charge in [-0.15, -0.1) is 0 Å². The summed E-state index contributed by atoms with van der Waals surface area (Å²) in [7, 11) is 0. The van der Waals surface area contributed by atoms with Gasteiger partial charge in [-0.05, 0) is 24.6 Å². The van der Waals surface area contributed by atoms with Crippen LogP contribution >= 0.6 is 23.2 Å². The van der Waals surface area contributed by atoms with E-state index in [1.54, 1.807) is 30.5 Å². The van der Waals surface area contributed by atoms with Gasteiger partial charge in [0.2, 0.25) is 0 Å². The molecule has 3 aromatic rings. The van der Waals surface area contributed by atoms with Crippen molar-refractivity contribution in [1.82, 2.24) is 10.1 Å². The van der Waals surface area contributed by atoms with Crippen molar-refractivity contribution in [1.29, 1.82) is 0 Å². The lowest BCUT2D eigenvalue weighted by Crippen LogP contribution is -2.08. The number of halogens is 2. The lowest BCUT2D eigenvalue weighted by Gasteiger charge is -2.18. The molecule has 8 heteroatoms. The molecule has 0 radical (unpaired) electrons. The number of carboxylic acid groups (broad SMARTS) is 1. The summed E-state index contributed by atoms with van der Waals surface area (Å²) in [6, 6.07) is 6.91. The van der Waals surface area contributed by atoms with Crippen LogP contribution < -0.4 is 4.74 Å². The van der Waals surface area contributed by atoms with E-state index in [1.807, 2.05) is 6.92 Å². The first-order chi connectivity index (χ1) is 12.5. The topological polar surface area (TPSA) is 85.5 Å². The highest BCUT2D eigenvalue weighted by Crippen LogP contribution is 2.35.